The Bertz CT molecular complexity index is 596. The average Bonchev–Trinajstić information content (AvgIpc) is 2.76. The number of nitrogens with zero attached hydrogens (tertiary/aromatic N) is 1. The molecule has 4 nitrogen and oxygen atoms in total. The zero-order valence-electron chi connectivity index (χ0n) is 12.6. The summed E-state index contributed by atoms with van der Waals surface area (Å²) in [6, 6.07) is 8.09. The van der Waals surface area contributed by atoms with Gasteiger partial charge in [-0.3, -0.25) is 0 Å². The van der Waals surface area contributed by atoms with Crippen molar-refractivity contribution in [3.05, 3.63) is 53.0 Å². The van der Waals surface area contributed by atoms with Gasteiger partial charge in [-0.2, -0.15) is 0 Å². The summed E-state index contributed by atoms with van der Waals surface area (Å²) in [4.78, 5) is 15.0. The fraction of sp³-hybridized carbons (Fsp3) is 0.412. The van der Waals surface area contributed by atoms with Gasteiger partial charge in [0.25, 0.3) is 6.54 Å². The Labute approximate surface area is 125 Å². The maximum atomic E-state index is 11.6. The summed E-state index contributed by atoms with van der Waals surface area (Å²) in [7, 11) is 0. The van der Waals surface area contributed by atoms with Gasteiger partial charge in [-0.25, -0.2) is 11.4 Å². The van der Waals surface area contributed by atoms with Gasteiger partial charge in [-0.15, -0.1) is 0 Å². The van der Waals surface area contributed by atoms with Crippen molar-refractivity contribution < 1.29 is 9.53 Å². The number of rotatable bonds is 5. The summed E-state index contributed by atoms with van der Waals surface area (Å²) in [5.41, 5.74) is 1.99. The molecule has 0 amide bonds. The first-order valence-electron chi connectivity index (χ1n) is 7.16. The molecule has 1 unspecified atom stereocenters. The molecule has 1 aromatic carbocycles. The number of hydrogen-bond acceptors (Lipinski definition) is 3. The van der Waals surface area contributed by atoms with E-state index in [1.54, 1.807) is 0 Å². The van der Waals surface area contributed by atoms with Crippen LogP contribution in [-0.4, -0.2) is 18.1 Å². The van der Waals surface area contributed by atoms with Crippen LogP contribution in [-0.2, 0) is 9.53 Å². The number of cyclic esters (lactones) is 1. The molecule has 21 heavy (non-hydrogen) atoms. The van der Waals surface area contributed by atoms with Crippen LogP contribution >= 0.6 is 0 Å². The molecule has 0 radical (unpaired) electrons. The Morgan fingerprint density at radius 1 is 1.33 bits per heavy atom. The van der Waals surface area contributed by atoms with Crippen molar-refractivity contribution in [3.63, 3.8) is 0 Å². The first-order valence-corrected chi connectivity index (χ1v) is 7.16. The Kier molecular flexibility index (Phi) is 4.32. The maximum absolute atomic E-state index is 11.6. The van der Waals surface area contributed by atoms with E-state index in [2.05, 4.69) is 36.1 Å². The van der Waals surface area contributed by atoms with Crippen LogP contribution in [0.1, 0.15) is 38.7 Å². The lowest BCUT2D eigenvalue weighted by Gasteiger charge is -2.25. The molecule has 0 aliphatic carbocycles. The second-order valence-corrected chi connectivity index (χ2v) is 5.54. The smallest absolute Gasteiger partial charge is 0.333 e. The second-order valence-electron chi connectivity index (χ2n) is 5.54. The van der Waals surface area contributed by atoms with Crippen molar-refractivity contribution in [2.45, 2.75) is 38.7 Å². The second kappa shape index (κ2) is 6.01. The van der Waals surface area contributed by atoms with Gasteiger partial charge in [-0.1, -0.05) is 32.9 Å². The summed E-state index contributed by atoms with van der Waals surface area (Å²) in [5, 5.41) is 3.24. The van der Waals surface area contributed by atoms with Gasteiger partial charge in [0.2, 0.25) is 5.60 Å². The number of benzene rings is 1. The molecule has 2 rings (SSSR count). The van der Waals surface area contributed by atoms with Crippen molar-refractivity contribution in [2.75, 3.05) is 11.9 Å². The van der Waals surface area contributed by atoms with Crippen molar-refractivity contribution in [1.29, 1.82) is 0 Å². The molecule has 110 valence electrons. The number of esters is 1. The SMILES string of the molecule is [C-]#[N+]CC1(CC)OC(=O)C=C1Nc1ccc(C(C)C)cc1. The van der Waals surface area contributed by atoms with Crippen LogP contribution in [0.25, 0.3) is 4.85 Å². The molecule has 1 atom stereocenters. The van der Waals surface area contributed by atoms with E-state index in [1.165, 1.54) is 11.6 Å². The van der Waals surface area contributed by atoms with Crippen LogP contribution in [0.2, 0.25) is 0 Å². The molecule has 0 saturated carbocycles. The van der Waals surface area contributed by atoms with Gasteiger partial charge in [0.15, 0.2) is 0 Å². The van der Waals surface area contributed by atoms with Gasteiger partial charge >= 0.3 is 5.97 Å². The quantitative estimate of drug-likeness (QED) is 0.661. The highest BCUT2D eigenvalue weighted by Gasteiger charge is 2.45. The summed E-state index contributed by atoms with van der Waals surface area (Å²) >= 11 is 0. The number of anilines is 1. The number of carbonyl (C=O) groups is 1. The zero-order valence-corrected chi connectivity index (χ0v) is 12.6. The molecule has 0 saturated heterocycles. The molecule has 1 N–H and O–H groups in total. The third kappa shape index (κ3) is 3.08. The van der Waals surface area contributed by atoms with Gasteiger partial charge < -0.3 is 14.9 Å². The van der Waals surface area contributed by atoms with Gasteiger partial charge in [0.1, 0.15) is 0 Å². The molecule has 1 aliphatic heterocycles. The van der Waals surface area contributed by atoms with E-state index < -0.39 is 5.60 Å². The standard InChI is InChI=1S/C17H20N2O2/c1-5-17(11-18-4)15(10-16(20)21-17)19-14-8-6-13(7-9-14)12(2)3/h6-10,12,19H,5,11H2,1-3H3. The van der Waals surface area contributed by atoms with E-state index in [4.69, 9.17) is 11.3 Å². The van der Waals surface area contributed by atoms with E-state index >= 15 is 0 Å². The molecule has 0 aromatic heterocycles. The lowest BCUT2D eigenvalue weighted by Crippen LogP contribution is -2.37. The minimum Gasteiger partial charge on any atom is -0.441 e. The zero-order chi connectivity index (χ0) is 15.5. The Morgan fingerprint density at radius 2 is 2.00 bits per heavy atom. The summed E-state index contributed by atoms with van der Waals surface area (Å²) < 4.78 is 5.38. The Hall–Kier alpha value is -2.28. The number of nitrogens with one attached hydrogen (secondary N) is 1. The monoisotopic (exact) mass is 284 g/mol. The average molecular weight is 284 g/mol. The fourth-order valence-corrected chi connectivity index (χ4v) is 2.40. The van der Waals surface area contributed by atoms with Crippen molar-refractivity contribution in [3.8, 4) is 0 Å². The summed E-state index contributed by atoms with van der Waals surface area (Å²) in [5.74, 6) is 0.0910. The van der Waals surface area contributed by atoms with Crippen LogP contribution in [0.5, 0.6) is 0 Å². The minimum absolute atomic E-state index is 0.137. The van der Waals surface area contributed by atoms with Gasteiger partial charge in [-0.05, 0) is 30.0 Å². The third-order valence-electron chi connectivity index (χ3n) is 3.81. The fourth-order valence-electron chi connectivity index (χ4n) is 2.40. The molecule has 1 aliphatic rings. The molecular formula is C17H20N2O2. The predicted molar refractivity (Wildman–Crippen MR) is 82.8 cm³/mol. The molecular weight excluding hydrogens is 264 g/mol. The number of ether oxygens (including phenoxy) is 1. The maximum Gasteiger partial charge on any atom is 0.333 e. The van der Waals surface area contributed by atoms with Crippen LogP contribution in [0.3, 0.4) is 0 Å². The molecule has 1 heterocycles. The van der Waals surface area contributed by atoms with Gasteiger partial charge in [0, 0.05) is 11.8 Å². The highest BCUT2D eigenvalue weighted by molar-refractivity contribution is 5.88. The predicted octanol–water partition coefficient (Wildman–Crippen LogP) is 3.73. The van der Waals surface area contributed by atoms with E-state index in [9.17, 15) is 4.79 Å². The highest BCUT2D eigenvalue weighted by atomic mass is 16.6. The normalized spacial score (nSPS) is 20.9. The van der Waals surface area contributed by atoms with E-state index in [1.807, 2.05) is 19.1 Å². The lowest BCUT2D eigenvalue weighted by atomic mass is 9.96. The summed E-state index contributed by atoms with van der Waals surface area (Å²) in [6.45, 7) is 13.4. The van der Waals surface area contributed by atoms with Crippen molar-refractivity contribution >= 4 is 11.7 Å². The molecule has 0 bridgehead atoms. The van der Waals surface area contributed by atoms with Crippen molar-refractivity contribution in [1.82, 2.24) is 0 Å². The first-order chi connectivity index (χ1) is 10.0. The van der Waals surface area contributed by atoms with E-state index in [0.29, 0.717) is 18.0 Å². The van der Waals surface area contributed by atoms with Crippen LogP contribution in [0.4, 0.5) is 5.69 Å². The highest BCUT2D eigenvalue weighted by Crippen LogP contribution is 2.33. The summed E-state index contributed by atoms with van der Waals surface area (Å²) in [6.07, 6.45) is 2.02. The molecule has 1 aromatic rings. The van der Waals surface area contributed by atoms with Crippen LogP contribution in [0.15, 0.2) is 36.0 Å². The topological polar surface area (TPSA) is 42.7 Å². The van der Waals surface area contributed by atoms with E-state index in [0.717, 1.165) is 5.69 Å². The molecule has 0 fully saturated rings. The Balaban J connectivity index is 2.22. The van der Waals surface area contributed by atoms with Crippen molar-refractivity contribution in [2.24, 2.45) is 0 Å². The number of carbonyl (C=O) groups excluding carboxylic acids is 1. The molecule has 4 heteroatoms. The minimum atomic E-state index is -0.838. The number of hydrogen-bond donors (Lipinski definition) is 1. The lowest BCUT2D eigenvalue weighted by molar-refractivity contribution is -0.145. The van der Waals surface area contributed by atoms with Gasteiger partial charge in [0.05, 0.1) is 5.70 Å². The van der Waals surface area contributed by atoms with Crippen LogP contribution in [0, 0.1) is 6.57 Å². The Morgan fingerprint density at radius 3 is 2.52 bits per heavy atom. The van der Waals surface area contributed by atoms with Crippen LogP contribution < -0.4 is 5.32 Å². The molecule has 0 spiro atoms. The largest absolute Gasteiger partial charge is 0.441 e. The first kappa shape index (κ1) is 15.1. The van der Waals surface area contributed by atoms with E-state index in [-0.39, 0.29) is 12.5 Å². The third-order valence-corrected chi connectivity index (χ3v) is 3.81.